The van der Waals surface area contributed by atoms with Gasteiger partial charge in [-0.3, -0.25) is 4.79 Å². The maximum atomic E-state index is 12.0. The lowest BCUT2D eigenvalue weighted by Crippen LogP contribution is -2.39. The smallest absolute Gasteiger partial charge is 0.225 e. The Bertz CT molecular complexity index is 651. The second-order valence-electron chi connectivity index (χ2n) is 7.95. The highest BCUT2D eigenvalue weighted by atomic mass is 16.3. The molecule has 6 nitrogen and oxygen atoms in total. The van der Waals surface area contributed by atoms with Crippen LogP contribution in [0.4, 0.5) is 5.95 Å². The van der Waals surface area contributed by atoms with Crippen molar-refractivity contribution in [1.29, 1.82) is 0 Å². The molecule has 0 saturated carbocycles. The van der Waals surface area contributed by atoms with Crippen molar-refractivity contribution >= 4 is 11.9 Å². The lowest BCUT2D eigenvalue weighted by molar-refractivity contribution is -0.121. The summed E-state index contributed by atoms with van der Waals surface area (Å²) in [5.74, 6) is 0.720. The second kappa shape index (κ2) is 7.12. The predicted octanol–water partition coefficient (Wildman–Crippen LogP) is 2.14. The zero-order valence-electron chi connectivity index (χ0n) is 15.2. The van der Waals surface area contributed by atoms with Crippen LogP contribution >= 0.6 is 0 Å². The second-order valence-corrected chi connectivity index (χ2v) is 7.95. The summed E-state index contributed by atoms with van der Waals surface area (Å²) in [5.41, 5.74) is 2.12. The van der Waals surface area contributed by atoms with Crippen molar-refractivity contribution in [2.45, 2.75) is 58.1 Å². The molecule has 1 atom stereocenters. The van der Waals surface area contributed by atoms with E-state index in [1.165, 1.54) is 0 Å². The van der Waals surface area contributed by atoms with E-state index in [0.29, 0.717) is 6.42 Å². The molecule has 136 valence electrons. The van der Waals surface area contributed by atoms with Crippen LogP contribution < -0.4 is 10.2 Å². The Morgan fingerprint density at radius 3 is 2.88 bits per heavy atom. The number of hydrogen-bond acceptors (Lipinski definition) is 5. The van der Waals surface area contributed by atoms with Gasteiger partial charge in [0.15, 0.2) is 0 Å². The summed E-state index contributed by atoms with van der Waals surface area (Å²) in [6, 6.07) is -0.0524. The van der Waals surface area contributed by atoms with Crippen molar-refractivity contribution in [2.75, 3.05) is 18.0 Å². The molecule has 0 spiro atoms. The molecular weight excluding hydrogens is 316 g/mol. The van der Waals surface area contributed by atoms with E-state index < -0.39 is 0 Å². The Morgan fingerprint density at radius 2 is 2.20 bits per heavy atom. The van der Waals surface area contributed by atoms with Gasteiger partial charge in [0.05, 0.1) is 17.8 Å². The molecule has 1 aromatic rings. The number of nitrogens with zero attached hydrogens (tertiary/aromatic N) is 3. The third kappa shape index (κ3) is 4.18. The fraction of sp³-hybridized carbons (Fsp3) is 0.632. The average molecular weight is 344 g/mol. The van der Waals surface area contributed by atoms with Gasteiger partial charge in [0.1, 0.15) is 0 Å². The van der Waals surface area contributed by atoms with Crippen molar-refractivity contribution in [2.24, 2.45) is 5.41 Å². The summed E-state index contributed by atoms with van der Waals surface area (Å²) < 4.78 is 0. The quantitative estimate of drug-likeness (QED) is 0.818. The van der Waals surface area contributed by atoms with E-state index in [0.717, 1.165) is 56.0 Å². The number of aliphatic hydroxyl groups is 1. The van der Waals surface area contributed by atoms with Crippen LogP contribution in [-0.2, 0) is 11.2 Å². The fourth-order valence-electron chi connectivity index (χ4n) is 3.77. The summed E-state index contributed by atoms with van der Waals surface area (Å²) >= 11 is 0. The molecule has 0 aromatic carbocycles. The van der Waals surface area contributed by atoms with E-state index in [-0.39, 0.29) is 23.5 Å². The first kappa shape index (κ1) is 17.9. The maximum Gasteiger partial charge on any atom is 0.225 e. The van der Waals surface area contributed by atoms with E-state index in [2.05, 4.69) is 35.6 Å². The van der Waals surface area contributed by atoms with E-state index in [4.69, 9.17) is 4.98 Å². The molecule has 1 fully saturated rings. The topological polar surface area (TPSA) is 78.4 Å². The van der Waals surface area contributed by atoms with Gasteiger partial charge in [-0.05, 0) is 31.1 Å². The highest BCUT2D eigenvalue weighted by molar-refractivity contribution is 5.77. The number of nitrogens with one attached hydrogen (secondary N) is 1. The van der Waals surface area contributed by atoms with Gasteiger partial charge in [-0.25, -0.2) is 9.97 Å². The Kier molecular flexibility index (Phi) is 5.08. The Balaban J connectivity index is 1.83. The number of carbonyl (C=O) groups excluding carboxylic acids is 1. The van der Waals surface area contributed by atoms with Crippen LogP contribution in [0.2, 0.25) is 0 Å². The zero-order valence-corrected chi connectivity index (χ0v) is 15.2. The van der Waals surface area contributed by atoms with Crippen LogP contribution in [0, 0.1) is 5.41 Å². The van der Waals surface area contributed by atoms with Gasteiger partial charge in [0, 0.05) is 31.3 Å². The van der Waals surface area contributed by atoms with Crippen molar-refractivity contribution in [1.82, 2.24) is 15.3 Å². The summed E-state index contributed by atoms with van der Waals surface area (Å²) in [7, 11) is 0. The number of hydrogen-bond donors (Lipinski definition) is 2. The van der Waals surface area contributed by atoms with E-state index in [1.807, 2.05) is 6.20 Å². The molecule has 0 radical (unpaired) electrons. The molecule has 1 saturated heterocycles. The first-order chi connectivity index (χ1) is 11.9. The molecule has 1 amide bonds. The van der Waals surface area contributed by atoms with Crippen LogP contribution in [0.1, 0.15) is 56.8 Å². The third-order valence-corrected chi connectivity index (χ3v) is 5.08. The van der Waals surface area contributed by atoms with Crippen LogP contribution in [0.3, 0.4) is 0 Å². The van der Waals surface area contributed by atoms with Crippen LogP contribution in [0.5, 0.6) is 0 Å². The molecule has 25 heavy (non-hydrogen) atoms. The molecule has 2 aliphatic rings. The zero-order chi connectivity index (χ0) is 18.0. The number of aliphatic hydroxyl groups excluding tert-OH is 1. The molecule has 1 aliphatic heterocycles. The molecule has 3 rings (SSSR count). The molecular formula is C19H28N4O2. The highest BCUT2D eigenvalue weighted by Gasteiger charge is 2.34. The van der Waals surface area contributed by atoms with Crippen molar-refractivity contribution < 1.29 is 9.90 Å². The van der Waals surface area contributed by atoms with Gasteiger partial charge < -0.3 is 15.3 Å². The Hall–Kier alpha value is -1.95. The van der Waals surface area contributed by atoms with Crippen LogP contribution in [-0.4, -0.2) is 40.2 Å². The van der Waals surface area contributed by atoms with Crippen LogP contribution in [0.15, 0.2) is 18.9 Å². The monoisotopic (exact) mass is 344 g/mol. The van der Waals surface area contributed by atoms with Gasteiger partial charge in [0.25, 0.3) is 0 Å². The first-order valence-electron chi connectivity index (χ1n) is 9.07. The van der Waals surface area contributed by atoms with Crippen molar-refractivity contribution in [3.8, 4) is 0 Å². The number of rotatable bonds is 4. The number of carbonyl (C=O) groups is 1. The Labute approximate surface area is 149 Å². The van der Waals surface area contributed by atoms with Gasteiger partial charge in [-0.2, -0.15) is 0 Å². The number of anilines is 1. The molecule has 1 aromatic heterocycles. The van der Waals surface area contributed by atoms with Gasteiger partial charge in [-0.1, -0.05) is 19.9 Å². The normalized spacial score (nSPS) is 23.0. The predicted molar refractivity (Wildman–Crippen MR) is 97.3 cm³/mol. The molecule has 6 heteroatoms. The van der Waals surface area contributed by atoms with E-state index >= 15 is 0 Å². The molecule has 0 bridgehead atoms. The van der Waals surface area contributed by atoms with Crippen molar-refractivity contribution in [3.05, 3.63) is 30.1 Å². The van der Waals surface area contributed by atoms with Crippen LogP contribution in [0.25, 0.3) is 0 Å². The van der Waals surface area contributed by atoms with Gasteiger partial charge >= 0.3 is 0 Å². The minimum Gasteiger partial charge on any atom is -0.393 e. The summed E-state index contributed by atoms with van der Waals surface area (Å²) in [6.07, 6.45) is 6.87. The summed E-state index contributed by atoms with van der Waals surface area (Å²) in [6.45, 7) is 9.61. The van der Waals surface area contributed by atoms with Gasteiger partial charge in [-0.15, -0.1) is 6.58 Å². The first-order valence-corrected chi connectivity index (χ1v) is 9.07. The molecule has 2 heterocycles. The number of amides is 1. The third-order valence-electron chi connectivity index (χ3n) is 5.08. The minimum atomic E-state index is -0.211. The summed E-state index contributed by atoms with van der Waals surface area (Å²) in [5, 5.41) is 12.8. The Morgan fingerprint density at radius 1 is 1.48 bits per heavy atom. The number of fused-ring (bicyclic) bond motifs is 1. The molecule has 0 unspecified atom stereocenters. The number of piperidine rings is 1. The molecule has 2 N–H and O–H groups in total. The number of aromatic nitrogens is 2. The maximum absolute atomic E-state index is 12.0. The minimum absolute atomic E-state index is 0.0160. The summed E-state index contributed by atoms with van der Waals surface area (Å²) in [4.78, 5) is 23.5. The highest BCUT2D eigenvalue weighted by Crippen LogP contribution is 2.40. The fourth-order valence-corrected chi connectivity index (χ4v) is 3.77. The van der Waals surface area contributed by atoms with E-state index in [9.17, 15) is 9.90 Å². The average Bonchev–Trinajstić information content (AvgIpc) is 2.54. The van der Waals surface area contributed by atoms with E-state index in [1.54, 1.807) is 6.08 Å². The SMILES string of the molecule is C=CCC(=O)N[C@H]1CC(C)(C)Cc2nc(N3CCC(O)CC3)ncc21. The lowest BCUT2D eigenvalue weighted by atomic mass is 9.74. The van der Waals surface area contributed by atoms with Crippen molar-refractivity contribution in [3.63, 3.8) is 0 Å². The van der Waals surface area contributed by atoms with Gasteiger partial charge in [0.2, 0.25) is 11.9 Å². The lowest BCUT2D eigenvalue weighted by Gasteiger charge is -2.37. The standard InChI is InChI=1S/C19H28N4O2/c1-4-5-17(25)21-15-10-19(2,3)11-16-14(15)12-20-18(22-16)23-8-6-13(24)7-9-23/h4,12-13,15,24H,1,5-11H2,2-3H3,(H,21,25)/t15-/m0/s1. The largest absolute Gasteiger partial charge is 0.393 e. The molecule has 1 aliphatic carbocycles.